The fraction of sp³-hybridized carbons (Fsp3) is 0.125. The molecule has 1 fully saturated rings. The molecule has 5 heteroatoms. The molecule has 4 nitrogen and oxygen atoms in total. The van der Waals surface area contributed by atoms with E-state index in [1.165, 1.54) is 11.8 Å². The van der Waals surface area contributed by atoms with Gasteiger partial charge in [0.1, 0.15) is 0 Å². The van der Waals surface area contributed by atoms with Gasteiger partial charge in [0, 0.05) is 10.6 Å². The van der Waals surface area contributed by atoms with Crippen molar-refractivity contribution in [2.45, 2.75) is 19.4 Å². The highest BCUT2D eigenvalue weighted by molar-refractivity contribution is 8.18. The van der Waals surface area contributed by atoms with Crippen molar-refractivity contribution in [3.8, 4) is 0 Å². The van der Waals surface area contributed by atoms with Gasteiger partial charge in [-0.05, 0) is 34.9 Å². The van der Waals surface area contributed by atoms with Gasteiger partial charge < -0.3 is 10.2 Å². The highest BCUT2D eigenvalue weighted by Crippen LogP contribution is 2.39. The summed E-state index contributed by atoms with van der Waals surface area (Å²) in [5.74, 6) is 0. The second-order valence-corrected chi connectivity index (χ2v) is 7.75. The molecule has 0 spiro atoms. The molecule has 0 aliphatic carbocycles. The summed E-state index contributed by atoms with van der Waals surface area (Å²) in [6.45, 7) is 0.573. The zero-order valence-electron chi connectivity index (χ0n) is 15.8. The quantitative estimate of drug-likeness (QED) is 0.652. The molecule has 2 N–H and O–H groups in total. The van der Waals surface area contributed by atoms with E-state index in [1.807, 2.05) is 95.9 Å². The van der Waals surface area contributed by atoms with E-state index in [0.717, 1.165) is 32.5 Å². The average molecular weight is 403 g/mol. The maximum atomic E-state index is 11.0. The number of thioether (sulfide) groups is 1. The van der Waals surface area contributed by atoms with Gasteiger partial charge in [-0.3, -0.25) is 9.89 Å². The number of para-hydroxylation sites is 1. The first-order valence-electron chi connectivity index (χ1n) is 9.44. The average Bonchev–Trinajstić information content (AvgIpc) is 3.09. The summed E-state index contributed by atoms with van der Waals surface area (Å²) in [4.78, 5) is 7.47. The van der Waals surface area contributed by atoms with Crippen molar-refractivity contribution in [2.75, 3.05) is 4.90 Å². The van der Waals surface area contributed by atoms with Crippen LogP contribution in [-0.2, 0) is 13.2 Å². The third-order valence-electron chi connectivity index (χ3n) is 4.66. The lowest BCUT2D eigenvalue weighted by Crippen LogP contribution is -2.33. The van der Waals surface area contributed by atoms with Crippen LogP contribution in [0.15, 0.2) is 94.8 Å². The minimum absolute atomic E-state index is 0.0201. The predicted molar refractivity (Wildman–Crippen MR) is 120 cm³/mol. The standard InChI is InChI=1S/C24H22N2O2S/c27-17-20-13-11-18(12-14-20)15-22-23(28)26(21-9-5-2-6-10-21)24(29-22)25-16-19-7-3-1-4-8-19/h1-15,23,27-28H,16-17H2/b22-15-,25-24?. The highest BCUT2D eigenvalue weighted by Gasteiger charge is 2.34. The molecule has 1 unspecified atom stereocenters. The first-order chi connectivity index (χ1) is 14.2. The van der Waals surface area contributed by atoms with Crippen molar-refractivity contribution in [2.24, 2.45) is 4.99 Å². The molecular formula is C24H22N2O2S. The molecule has 146 valence electrons. The molecule has 0 radical (unpaired) electrons. The molecule has 1 aliphatic rings. The SMILES string of the molecule is OCc1ccc(/C=C2\SC(=NCc3ccccc3)N(c3ccccc3)C2O)cc1. The van der Waals surface area contributed by atoms with Crippen LogP contribution in [0, 0.1) is 0 Å². The largest absolute Gasteiger partial charge is 0.392 e. The number of hydrogen-bond donors (Lipinski definition) is 2. The summed E-state index contributed by atoms with van der Waals surface area (Å²) in [5, 5.41) is 21.0. The number of amidine groups is 1. The Kier molecular flexibility index (Phi) is 6.10. The van der Waals surface area contributed by atoms with Crippen LogP contribution in [-0.4, -0.2) is 21.6 Å². The Morgan fingerprint density at radius 1 is 0.862 bits per heavy atom. The predicted octanol–water partition coefficient (Wildman–Crippen LogP) is 4.65. The Bertz CT molecular complexity index is 1000. The van der Waals surface area contributed by atoms with Crippen LogP contribution in [0.3, 0.4) is 0 Å². The summed E-state index contributed by atoms with van der Waals surface area (Å²) in [6.07, 6.45) is 1.17. The number of rotatable bonds is 5. The number of benzene rings is 3. The van der Waals surface area contributed by atoms with Gasteiger partial charge in [0.05, 0.1) is 13.2 Å². The van der Waals surface area contributed by atoms with Crippen LogP contribution in [0.5, 0.6) is 0 Å². The Morgan fingerprint density at radius 3 is 2.17 bits per heavy atom. The van der Waals surface area contributed by atoms with Crippen molar-refractivity contribution in [3.05, 3.63) is 107 Å². The zero-order chi connectivity index (χ0) is 20.1. The minimum atomic E-state index is -0.797. The maximum Gasteiger partial charge on any atom is 0.171 e. The highest BCUT2D eigenvalue weighted by atomic mass is 32.2. The molecular weight excluding hydrogens is 380 g/mol. The lowest BCUT2D eigenvalue weighted by molar-refractivity contribution is 0.233. The normalized spacial score (nSPS) is 19.2. The fourth-order valence-electron chi connectivity index (χ4n) is 3.12. The molecule has 0 bridgehead atoms. The van der Waals surface area contributed by atoms with Crippen LogP contribution in [0.4, 0.5) is 5.69 Å². The molecule has 1 atom stereocenters. The van der Waals surface area contributed by atoms with Gasteiger partial charge in [-0.25, -0.2) is 0 Å². The van der Waals surface area contributed by atoms with Gasteiger partial charge in [-0.15, -0.1) is 0 Å². The van der Waals surface area contributed by atoms with E-state index in [2.05, 4.69) is 0 Å². The summed E-state index contributed by atoms with van der Waals surface area (Å²) >= 11 is 1.48. The van der Waals surface area contributed by atoms with E-state index in [1.54, 1.807) is 0 Å². The molecule has 1 saturated heterocycles. The Labute approximate surface area is 174 Å². The summed E-state index contributed by atoms with van der Waals surface area (Å²) in [6, 6.07) is 27.6. The van der Waals surface area contributed by atoms with Gasteiger partial charge in [0.2, 0.25) is 0 Å². The second kappa shape index (κ2) is 9.09. The van der Waals surface area contributed by atoms with Gasteiger partial charge in [-0.2, -0.15) is 0 Å². The first kappa shape index (κ1) is 19.5. The van der Waals surface area contributed by atoms with E-state index >= 15 is 0 Å². The number of aliphatic hydroxyl groups is 2. The van der Waals surface area contributed by atoms with Crippen molar-refractivity contribution < 1.29 is 10.2 Å². The monoisotopic (exact) mass is 402 g/mol. The number of aliphatic hydroxyl groups excluding tert-OH is 2. The lowest BCUT2D eigenvalue weighted by Gasteiger charge is -2.22. The number of hydrogen-bond acceptors (Lipinski definition) is 4. The molecule has 0 amide bonds. The van der Waals surface area contributed by atoms with Crippen molar-refractivity contribution in [1.82, 2.24) is 0 Å². The molecule has 4 rings (SSSR count). The molecule has 3 aromatic carbocycles. The van der Waals surface area contributed by atoms with Crippen molar-refractivity contribution in [3.63, 3.8) is 0 Å². The van der Waals surface area contributed by atoms with Crippen molar-refractivity contribution >= 4 is 28.7 Å². The van der Waals surface area contributed by atoms with E-state index in [0.29, 0.717) is 6.54 Å². The van der Waals surface area contributed by atoms with Crippen LogP contribution in [0.1, 0.15) is 16.7 Å². The Balaban J connectivity index is 1.65. The molecule has 3 aromatic rings. The zero-order valence-corrected chi connectivity index (χ0v) is 16.7. The van der Waals surface area contributed by atoms with Crippen LogP contribution in [0.25, 0.3) is 6.08 Å². The van der Waals surface area contributed by atoms with E-state index in [-0.39, 0.29) is 6.61 Å². The maximum absolute atomic E-state index is 11.0. The van der Waals surface area contributed by atoms with Gasteiger partial charge in [0.15, 0.2) is 11.4 Å². The number of nitrogens with zero attached hydrogens (tertiary/aromatic N) is 2. The summed E-state index contributed by atoms with van der Waals surface area (Å²) in [5.41, 5.74) is 3.86. The van der Waals surface area contributed by atoms with Crippen LogP contribution < -0.4 is 4.90 Å². The van der Waals surface area contributed by atoms with Gasteiger partial charge >= 0.3 is 0 Å². The molecule has 1 heterocycles. The van der Waals surface area contributed by atoms with Gasteiger partial charge in [-0.1, -0.05) is 84.6 Å². The third kappa shape index (κ3) is 4.59. The second-order valence-electron chi connectivity index (χ2n) is 6.71. The van der Waals surface area contributed by atoms with Crippen molar-refractivity contribution in [1.29, 1.82) is 0 Å². The number of anilines is 1. The number of aliphatic imine (C=N–C) groups is 1. The smallest absolute Gasteiger partial charge is 0.171 e. The summed E-state index contributed by atoms with van der Waals surface area (Å²) < 4.78 is 0. The van der Waals surface area contributed by atoms with Crippen LogP contribution in [0.2, 0.25) is 0 Å². The lowest BCUT2D eigenvalue weighted by atomic mass is 10.1. The minimum Gasteiger partial charge on any atom is -0.392 e. The van der Waals surface area contributed by atoms with Crippen LogP contribution >= 0.6 is 11.8 Å². The molecule has 29 heavy (non-hydrogen) atoms. The molecule has 0 aromatic heterocycles. The fourth-order valence-corrected chi connectivity index (χ4v) is 4.17. The summed E-state index contributed by atoms with van der Waals surface area (Å²) in [7, 11) is 0. The Morgan fingerprint density at radius 2 is 1.52 bits per heavy atom. The third-order valence-corrected chi connectivity index (χ3v) is 5.73. The first-order valence-corrected chi connectivity index (χ1v) is 10.3. The van der Waals surface area contributed by atoms with E-state index in [4.69, 9.17) is 4.99 Å². The van der Waals surface area contributed by atoms with E-state index < -0.39 is 6.23 Å². The topological polar surface area (TPSA) is 56.1 Å². The molecule has 1 aliphatic heterocycles. The Hall–Kier alpha value is -2.86. The van der Waals surface area contributed by atoms with E-state index in [9.17, 15) is 10.2 Å². The van der Waals surface area contributed by atoms with Gasteiger partial charge in [0.25, 0.3) is 0 Å². The molecule has 0 saturated carbocycles.